The van der Waals surface area contributed by atoms with E-state index in [1.807, 2.05) is 45.0 Å². The number of benzene rings is 1. The van der Waals surface area contributed by atoms with E-state index in [1.165, 1.54) is 0 Å². The van der Waals surface area contributed by atoms with Gasteiger partial charge in [0, 0.05) is 31.1 Å². The minimum absolute atomic E-state index is 0.0406. The fourth-order valence-corrected chi connectivity index (χ4v) is 1.80. The number of amides is 1. The maximum Gasteiger partial charge on any atom is 0.224 e. The van der Waals surface area contributed by atoms with Crippen molar-refractivity contribution in [3.05, 3.63) is 29.8 Å². The van der Waals surface area contributed by atoms with Crippen LogP contribution in [-0.2, 0) is 11.3 Å². The molecule has 4 nitrogen and oxygen atoms in total. The molecule has 0 aliphatic carbocycles. The van der Waals surface area contributed by atoms with E-state index in [2.05, 4.69) is 0 Å². The van der Waals surface area contributed by atoms with Gasteiger partial charge in [-0.25, -0.2) is 0 Å². The predicted molar refractivity (Wildman–Crippen MR) is 77.0 cm³/mol. The molecular weight excluding hydrogens is 240 g/mol. The SMILES string of the molecule is CCOc1ccccc1CN(C)C(=O)CC(C)(C)N. The van der Waals surface area contributed by atoms with Crippen molar-refractivity contribution in [2.45, 2.75) is 39.3 Å². The van der Waals surface area contributed by atoms with E-state index in [0.29, 0.717) is 19.6 Å². The van der Waals surface area contributed by atoms with Crippen LogP contribution in [0.1, 0.15) is 32.8 Å². The fourth-order valence-electron chi connectivity index (χ4n) is 1.80. The van der Waals surface area contributed by atoms with E-state index in [1.54, 1.807) is 11.9 Å². The first-order chi connectivity index (χ1) is 8.83. The van der Waals surface area contributed by atoms with Crippen molar-refractivity contribution >= 4 is 5.91 Å². The van der Waals surface area contributed by atoms with Gasteiger partial charge in [-0.15, -0.1) is 0 Å². The maximum absolute atomic E-state index is 12.0. The predicted octanol–water partition coefficient (Wildman–Crippen LogP) is 2.17. The summed E-state index contributed by atoms with van der Waals surface area (Å²) in [6, 6.07) is 7.77. The first kappa shape index (κ1) is 15.5. The van der Waals surface area contributed by atoms with Gasteiger partial charge in [0.05, 0.1) is 6.61 Å². The summed E-state index contributed by atoms with van der Waals surface area (Å²) in [6.07, 6.45) is 0.334. The minimum atomic E-state index is -0.481. The molecule has 0 saturated carbocycles. The number of nitrogens with two attached hydrogens (primary N) is 1. The number of ether oxygens (including phenoxy) is 1. The largest absolute Gasteiger partial charge is 0.494 e. The zero-order valence-electron chi connectivity index (χ0n) is 12.3. The summed E-state index contributed by atoms with van der Waals surface area (Å²) in [7, 11) is 1.79. The van der Waals surface area contributed by atoms with E-state index in [9.17, 15) is 4.79 Å². The molecular formula is C15H24N2O2. The lowest BCUT2D eigenvalue weighted by molar-refractivity contribution is -0.131. The fraction of sp³-hybridized carbons (Fsp3) is 0.533. The Balaban J connectivity index is 2.71. The molecule has 1 amide bonds. The Labute approximate surface area is 115 Å². The summed E-state index contributed by atoms with van der Waals surface area (Å²) in [5.41, 5.74) is 6.40. The molecule has 0 heterocycles. The molecule has 0 saturated heterocycles. The molecule has 0 aliphatic rings. The van der Waals surface area contributed by atoms with Crippen LogP contribution in [-0.4, -0.2) is 30.0 Å². The molecule has 1 aromatic rings. The van der Waals surface area contributed by atoms with Crippen molar-refractivity contribution in [3.63, 3.8) is 0 Å². The summed E-state index contributed by atoms with van der Waals surface area (Å²) in [5.74, 6) is 0.871. The van der Waals surface area contributed by atoms with Crippen LogP contribution in [0.25, 0.3) is 0 Å². The van der Waals surface area contributed by atoms with E-state index in [0.717, 1.165) is 11.3 Å². The van der Waals surface area contributed by atoms with Crippen molar-refractivity contribution in [1.82, 2.24) is 4.90 Å². The molecule has 0 aliphatic heterocycles. The van der Waals surface area contributed by atoms with E-state index >= 15 is 0 Å². The Hall–Kier alpha value is -1.55. The quantitative estimate of drug-likeness (QED) is 0.856. The second kappa shape index (κ2) is 6.57. The zero-order valence-corrected chi connectivity index (χ0v) is 12.3. The van der Waals surface area contributed by atoms with Crippen molar-refractivity contribution in [1.29, 1.82) is 0 Å². The lowest BCUT2D eigenvalue weighted by Crippen LogP contribution is -2.39. The monoisotopic (exact) mass is 264 g/mol. The van der Waals surface area contributed by atoms with Crippen LogP contribution >= 0.6 is 0 Å². The highest BCUT2D eigenvalue weighted by atomic mass is 16.5. The summed E-state index contributed by atoms with van der Waals surface area (Å²) in [6.45, 7) is 6.80. The van der Waals surface area contributed by atoms with Crippen LogP contribution in [0.5, 0.6) is 5.75 Å². The lowest BCUT2D eigenvalue weighted by Gasteiger charge is -2.24. The molecule has 0 unspecified atom stereocenters. The number of hydrogen-bond acceptors (Lipinski definition) is 3. The van der Waals surface area contributed by atoms with E-state index in [-0.39, 0.29) is 5.91 Å². The van der Waals surface area contributed by atoms with Crippen LogP contribution in [0, 0.1) is 0 Å². The van der Waals surface area contributed by atoms with Crippen LogP contribution in [0.3, 0.4) is 0 Å². The number of carbonyl (C=O) groups is 1. The molecule has 1 aromatic carbocycles. The van der Waals surface area contributed by atoms with Gasteiger partial charge in [-0.05, 0) is 26.8 Å². The number of nitrogens with zero attached hydrogens (tertiary/aromatic N) is 1. The van der Waals surface area contributed by atoms with E-state index < -0.39 is 5.54 Å². The highest BCUT2D eigenvalue weighted by Gasteiger charge is 2.20. The Morgan fingerprint density at radius 1 is 1.37 bits per heavy atom. The molecule has 0 fully saturated rings. The van der Waals surface area contributed by atoms with Crippen LogP contribution in [0.4, 0.5) is 0 Å². The third-order valence-electron chi connectivity index (χ3n) is 2.71. The van der Waals surface area contributed by atoms with Crippen molar-refractivity contribution in [2.24, 2.45) is 5.73 Å². The summed E-state index contributed by atoms with van der Waals surface area (Å²) >= 11 is 0. The molecule has 1 rings (SSSR count). The lowest BCUT2D eigenvalue weighted by atomic mass is 10.0. The first-order valence-electron chi connectivity index (χ1n) is 6.57. The van der Waals surface area contributed by atoms with Gasteiger partial charge in [0.2, 0.25) is 5.91 Å². The topological polar surface area (TPSA) is 55.6 Å². The number of carbonyl (C=O) groups excluding carboxylic acids is 1. The highest BCUT2D eigenvalue weighted by Crippen LogP contribution is 2.20. The molecule has 0 spiro atoms. The Morgan fingerprint density at radius 2 is 2.00 bits per heavy atom. The third kappa shape index (κ3) is 5.30. The van der Waals surface area contributed by atoms with Crippen molar-refractivity contribution in [2.75, 3.05) is 13.7 Å². The third-order valence-corrected chi connectivity index (χ3v) is 2.71. The normalized spacial score (nSPS) is 11.2. The summed E-state index contributed by atoms with van der Waals surface area (Å²) in [4.78, 5) is 13.7. The summed E-state index contributed by atoms with van der Waals surface area (Å²) in [5, 5.41) is 0. The molecule has 0 atom stereocenters. The second-order valence-corrected chi connectivity index (χ2v) is 5.46. The second-order valence-electron chi connectivity index (χ2n) is 5.46. The molecule has 0 radical (unpaired) electrons. The summed E-state index contributed by atoms with van der Waals surface area (Å²) < 4.78 is 5.56. The van der Waals surface area contributed by atoms with Crippen LogP contribution in [0.15, 0.2) is 24.3 Å². The van der Waals surface area contributed by atoms with Gasteiger partial charge in [-0.1, -0.05) is 18.2 Å². The molecule has 106 valence electrons. The Kier molecular flexibility index (Phi) is 5.36. The zero-order chi connectivity index (χ0) is 14.5. The van der Waals surface area contributed by atoms with Gasteiger partial charge < -0.3 is 15.4 Å². The number of hydrogen-bond donors (Lipinski definition) is 1. The van der Waals surface area contributed by atoms with Gasteiger partial charge >= 0.3 is 0 Å². The average molecular weight is 264 g/mol. The van der Waals surface area contributed by atoms with Gasteiger partial charge in [0.1, 0.15) is 5.75 Å². The Morgan fingerprint density at radius 3 is 2.58 bits per heavy atom. The standard InChI is InChI=1S/C15H24N2O2/c1-5-19-13-9-7-6-8-12(13)11-17(4)14(18)10-15(2,3)16/h6-9H,5,10-11,16H2,1-4H3. The van der Waals surface area contributed by atoms with Gasteiger partial charge in [0.15, 0.2) is 0 Å². The molecule has 0 aromatic heterocycles. The van der Waals surface area contributed by atoms with Gasteiger partial charge in [-0.3, -0.25) is 4.79 Å². The molecule has 4 heteroatoms. The Bertz CT molecular complexity index is 424. The number of rotatable bonds is 6. The smallest absolute Gasteiger partial charge is 0.224 e. The number of para-hydroxylation sites is 1. The van der Waals surface area contributed by atoms with Crippen molar-refractivity contribution < 1.29 is 9.53 Å². The van der Waals surface area contributed by atoms with Crippen LogP contribution < -0.4 is 10.5 Å². The highest BCUT2D eigenvalue weighted by molar-refractivity contribution is 5.77. The van der Waals surface area contributed by atoms with Gasteiger partial charge in [-0.2, -0.15) is 0 Å². The minimum Gasteiger partial charge on any atom is -0.494 e. The van der Waals surface area contributed by atoms with Gasteiger partial charge in [0.25, 0.3) is 0 Å². The van der Waals surface area contributed by atoms with Crippen LogP contribution in [0.2, 0.25) is 0 Å². The average Bonchev–Trinajstić information content (AvgIpc) is 2.29. The van der Waals surface area contributed by atoms with Crippen molar-refractivity contribution in [3.8, 4) is 5.75 Å². The molecule has 2 N–H and O–H groups in total. The maximum atomic E-state index is 12.0. The van der Waals surface area contributed by atoms with E-state index in [4.69, 9.17) is 10.5 Å². The molecule has 19 heavy (non-hydrogen) atoms. The molecule has 0 bridgehead atoms. The first-order valence-corrected chi connectivity index (χ1v) is 6.57.